The Hall–Kier alpha value is -2.93. The minimum Gasteiger partial charge on any atom is -0.497 e. The lowest BCUT2D eigenvalue weighted by molar-refractivity contribution is 0.0531. The number of hydrogen-bond acceptors (Lipinski definition) is 6. The predicted octanol–water partition coefficient (Wildman–Crippen LogP) is 2.74. The summed E-state index contributed by atoms with van der Waals surface area (Å²) in [6.07, 6.45) is 2.12. The Kier molecular flexibility index (Phi) is 5.59. The summed E-state index contributed by atoms with van der Waals surface area (Å²) < 4.78 is 22.8. The van der Waals surface area contributed by atoms with Crippen LogP contribution in [0.1, 0.15) is 23.2 Å². The largest absolute Gasteiger partial charge is 0.497 e. The maximum atomic E-state index is 12.8. The van der Waals surface area contributed by atoms with Gasteiger partial charge in [0.05, 0.1) is 7.11 Å². The number of nitrogens with zero attached hydrogens (tertiary/aromatic N) is 1. The maximum Gasteiger partial charge on any atom is 0.251 e. The van der Waals surface area contributed by atoms with Crippen LogP contribution in [0.3, 0.4) is 0 Å². The summed E-state index contributed by atoms with van der Waals surface area (Å²) in [5.74, 6) is 3.31. The molecule has 0 radical (unpaired) electrons. The molecule has 4 heterocycles. The SMILES string of the molecule is COc1ccc(OC[C@@H]2COc3cc(C(=O)N[C@H]4CN5CCC4CC5)ccc3O2)cc1. The molecule has 164 valence electrons. The smallest absolute Gasteiger partial charge is 0.251 e. The first-order valence-corrected chi connectivity index (χ1v) is 10.9. The summed E-state index contributed by atoms with van der Waals surface area (Å²) in [5, 5.41) is 3.22. The van der Waals surface area contributed by atoms with Crippen molar-refractivity contribution in [3.63, 3.8) is 0 Å². The second-order valence-corrected chi connectivity index (χ2v) is 8.42. The van der Waals surface area contributed by atoms with E-state index in [-0.39, 0.29) is 18.1 Å². The second kappa shape index (κ2) is 8.67. The lowest BCUT2D eigenvalue weighted by Gasteiger charge is -2.44. The zero-order chi connectivity index (χ0) is 21.2. The highest BCUT2D eigenvalue weighted by molar-refractivity contribution is 5.95. The van der Waals surface area contributed by atoms with Crippen LogP contribution in [-0.2, 0) is 0 Å². The standard InChI is InChI=1S/C24H28N2O5/c1-28-18-3-5-19(6-4-18)29-14-20-15-30-23-12-17(2-7-22(23)31-20)24(27)25-21-13-26-10-8-16(21)9-11-26/h2-7,12,16,20-21H,8-11,13-15H2,1H3,(H,25,27)/t20-,21+/m1/s1. The van der Waals surface area contributed by atoms with Gasteiger partial charge >= 0.3 is 0 Å². The summed E-state index contributed by atoms with van der Waals surface area (Å²) >= 11 is 0. The first-order valence-electron chi connectivity index (χ1n) is 10.9. The van der Waals surface area contributed by atoms with Gasteiger partial charge < -0.3 is 29.2 Å². The van der Waals surface area contributed by atoms with Crippen LogP contribution in [-0.4, -0.2) is 62.9 Å². The molecule has 2 bridgehead atoms. The van der Waals surface area contributed by atoms with Crippen molar-refractivity contribution in [1.29, 1.82) is 0 Å². The van der Waals surface area contributed by atoms with Gasteiger partial charge in [0.2, 0.25) is 0 Å². The number of benzene rings is 2. The fraction of sp³-hybridized carbons (Fsp3) is 0.458. The van der Waals surface area contributed by atoms with E-state index in [2.05, 4.69) is 10.2 Å². The van der Waals surface area contributed by atoms with E-state index in [1.807, 2.05) is 24.3 Å². The van der Waals surface area contributed by atoms with E-state index in [0.29, 0.717) is 36.2 Å². The van der Waals surface area contributed by atoms with Crippen LogP contribution in [0.5, 0.6) is 23.0 Å². The summed E-state index contributed by atoms with van der Waals surface area (Å²) in [4.78, 5) is 15.2. The molecule has 7 heteroatoms. The molecule has 0 aliphatic carbocycles. The van der Waals surface area contributed by atoms with Crippen LogP contribution in [0.4, 0.5) is 0 Å². The van der Waals surface area contributed by atoms with Gasteiger partial charge in [0, 0.05) is 18.2 Å². The molecule has 2 aromatic rings. The molecular weight excluding hydrogens is 396 g/mol. The van der Waals surface area contributed by atoms with Crippen molar-refractivity contribution in [2.24, 2.45) is 5.92 Å². The first kappa shape index (κ1) is 20.0. The Morgan fingerprint density at radius 1 is 1.10 bits per heavy atom. The Morgan fingerprint density at radius 3 is 2.58 bits per heavy atom. The highest BCUT2D eigenvalue weighted by atomic mass is 16.6. The van der Waals surface area contributed by atoms with Gasteiger partial charge in [0.15, 0.2) is 17.6 Å². The summed E-state index contributed by atoms with van der Waals surface area (Å²) in [5.41, 5.74) is 0.603. The van der Waals surface area contributed by atoms with Crippen LogP contribution >= 0.6 is 0 Å². The van der Waals surface area contributed by atoms with Gasteiger partial charge in [0.25, 0.3) is 5.91 Å². The van der Waals surface area contributed by atoms with Crippen LogP contribution in [0, 0.1) is 5.92 Å². The molecule has 3 saturated heterocycles. The van der Waals surface area contributed by atoms with E-state index >= 15 is 0 Å². The van der Waals surface area contributed by atoms with Crippen molar-refractivity contribution < 1.29 is 23.7 Å². The highest BCUT2D eigenvalue weighted by Crippen LogP contribution is 2.33. The van der Waals surface area contributed by atoms with Crippen molar-refractivity contribution in [2.75, 3.05) is 40.0 Å². The van der Waals surface area contributed by atoms with Gasteiger partial charge in [0.1, 0.15) is 24.7 Å². The normalized spacial score (nSPS) is 26.2. The van der Waals surface area contributed by atoms with Gasteiger partial charge in [-0.1, -0.05) is 0 Å². The number of amides is 1. The molecule has 3 fully saturated rings. The van der Waals surface area contributed by atoms with E-state index in [1.165, 1.54) is 12.8 Å². The van der Waals surface area contributed by atoms with E-state index in [1.54, 1.807) is 25.3 Å². The molecule has 2 aromatic carbocycles. The number of carbonyl (C=O) groups is 1. The zero-order valence-electron chi connectivity index (χ0n) is 17.7. The number of methoxy groups -OCH3 is 1. The minimum absolute atomic E-state index is 0.0462. The quantitative estimate of drug-likeness (QED) is 0.769. The number of piperidine rings is 3. The molecule has 31 heavy (non-hydrogen) atoms. The number of fused-ring (bicyclic) bond motifs is 4. The monoisotopic (exact) mass is 424 g/mol. The average molecular weight is 424 g/mol. The average Bonchev–Trinajstić information content (AvgIpc) is 2.83. The predicted molar refractivity (Wildman–Crippen MR) is 115 cm³/mol. The van der Waals surface area contributed by atoms with E-state index in [9.17, 15) is 4.79 Å². The van der Waals surface area contributed by atoms with Gasteiger partial charge in [-0.3, -0.25) is 4.79 Å². The molecule has 1 N–H and O–H groups in total. The van der Waals surface area contributed by atoms with Crippen molar-refractivity contribution >= 4 is 5.91 Å². The fourth-order valence-electron chi connectivity index (χ4n) is 4.58. The van der Waals surface area contributed by atoms with E-state index < -0.39 is 0 Å². The third kappa shape index (κ3) is 4.42. The summed E-state index contributed by atoms with van der Waals surface area (Å²) in [6.45, 7) is 4.01. The highest BCUT2D eigenvalue weighted by Gasteiger charge is 2.35. The van der Waals surface area contributed by atoms with Gasteiger partial charge in [-0.15, -0.1) is 0 Å². The molecule has 6 rings (SSSR count). The number of ether oxygens (including phenoxy) is 4. The second-order valence-electron chi connectivity index (χ2n) is 8.42. The summed E-state index contributed by atoms with van der Waals surface area (Å²) in [7, 11) is 1.63. The molecule has 1 amide bonds. The number of carbonyl (C=O) groups excluding carboxylic acids is 1. The van der Waals surface area contributed by atoms with Crippen LogP contribution in [0.15, 0.2) is 42.5 Å². The molecule has 4 aliphatic rings. The third-order valence-electron chi connectivity index (χ3n) is 6.39. The van der Waals surface area contributed by atoms with E-state index in [0.717, 1.165) is 31.1 Å². The molecule has 0 spiro atoms. The molecule has 0 saturated carbocycles. The van der Waals surface area contributed by atoms with Crippen molar-refractivity contribution in [3.8, 4) is 23.0 Å². The molecular formula is C24H28N2O5. The lowest BCUT2D eigenvalue weighted by Crippen LogP contribution is -2.57. The number of nitrogens with one attached hydrogen (secondary N) is 1. The Bertz CT molecular complexity index is 924. The Balaban J connectivity index is 1.16. The van der Waals surface area contributed by atoms with Gasteiger partial charge in [-0.05, 0) is 74.3 Å². The minimum atomic E-state index is -0.221. The van der Waals surface area contributed by atoms with Gasteiger partial charge in [-0.25, -0.2) is 0 Å². The molecule has 4 aliphatic heterocycles. The van der Waals surface area contributed by atoms with Crippen LogP contribution in [0.2, 0.25) is 0 Å². The fourth-order valence-corrected chi connectivity index (χ4v) is 4.58. The van der Waals surface area contributed by atoms with Crippen molar-refractivity contribution in [2.45, 2.75) is 25.0 Å². The summed E-state index contributed by atoms with van der Waals surface area (Å²) in [6, 6.07) is 13.0. The molecule has 0 unspecified atom stereocenters. The van der Waals surface area contributed by atoms with Crippen LogP contribution in [0.25, 0.3) is 0 Å². The van der Waals surface area contributed by atoms with Crippen LogP contribution < -0.4 is 24.3 Å². The lowest BCUT2D eigenvalue weighted by atomic mass is 9.84. The third-order valence-corrected chi connectivity index (χ3v) is 6.39. The topological polar surface area (TPSA) is 69.3 Å². The first-order chi connectivity index (χ1) is 15.2. The Labute approximate surface area is 182 Å². The Morgan fingerprint density at radius 2 is 1.87 bits per heavy atom. The number of rotatable bonds is 6. The van der Waals surface area contributed by atoms with Crippen molar-refractivity contribution in [3.05, 3.63) is 48.0 Å². The number of hydrogen-bond donors (Lipinski definition) is 1. The molecule has 7 nitrogen and oxygen atoms in total. The van der Waals surface area contributed by atoms with Gasteiger partial charge in [-0.2, -0.15) is 0 Å². The molecule has 0 aromatic heterocycles. The zero-order valence-corrected chi connectivity index (χ0v) is 17.7. The van der Waals surface area contributed by atoms with E-state index in [4.69, 9.17) is 18.9 Å². The maximum absolute atomic E-state index is 12.8. The molecule has 2 atom stereocenters. The van der Waals surface area contributed by atoms with Crippen molar-refractivity contribution in [1.82, 2.24) is 10.2 Å².